The van der Waals surface area contributed by atoms with E-state index in [1.54, 1.807) is 48.3 Å². The van der Waals surface area contributed by atoms with E-state index >= 15 is 0 Å². The van der Waals surface area contributed by atoms with Crippen LogP contribution >= 0.6 is 0 Å². The number of rotatable bonds is 5. The monoisotopic (exact) mass is 430 g/mol. The van der Waals surface area contributed by atoms with Gasteiger partial charge in [0.15, 0.2) is 0 Å². The van der Waals surface area contributed by atoms with E-state index in [4.69, 9.17) is 9.57 Å². The van der Waals surface area contributed by atoms with Crippen LogP contribution in [0.4, 0.5) is 11.4 Å². The van der Waals surface area contributed by atoms with Gasteiger partial charge in [-0.3, -0.25) is 4.79 Å². The summed E-state index contributed by atoms with van der Waals surface area (Å²) in [5, 5.41) is 1.67. The maximum absolute atomic E-state index is 13.1. The fraction of sp³-hybridized carbons (Fsp3) is 0.231. The Labute approximate surface area is 187 Å². The van der Waals surface area contributed by atoms with E-state index in [9.17, 15) is 9.59 Å². The van der Waals surface area contributed by atoms with Gasteiger partial charge in [-0.05, 0) is 55.8 Å². The molecule has 2 atom stereocenters. The van der Waals surface area contributed by atoms with Gasteiger partial charge in [-0.25, -0.2) is 4.79 Å². The summed E-state index contributed by atoms with van der Waals surface area (Å²) in [6.45, 7) is 3.59. The lowest BCUT2D eigenvalue weighted by Crippen LogP contribution is -2.46. The highest BCUT2D eigenvalue weighted by molar-refractivity contribution is 5.94. The van der Waals surface area contributed by atoms with E-state index in [0.29, 0.717) is 17.7 Å². The molecule has 3 aromatic rings. The van der Waals surface area contributed by atoms with Gasteiger partial charge in [0.2, 0.25) is 5.91 Å². The van der Waals surface area contributed by atoms with E-state index in [0.717, 1.165) is 16.9 Å². The third kappa shape index (κ3) is 4.17. The number of hydroxylamine groups is 1. The molecule has 32 heavy (non-hydrogen) atoms. The second kappa shape index (κ2) is 9.14. The summed E-state index contributed by atoms with van der Waals surface area (Å²) in [4.78, 5) is 33.2. The summed E-state index contributed by atoms with van der Waals surface area (Å²) in [5.74, 6) is 0.196. The SMILES string of the molecule is COc1ccc(C(=O)ON(c2ccccc2)C2CC(C)N(C(C)=O)c3ccccc32)cc1. The predicted molar refractivity (Wildman–Crippen MR) is 124 cm³/mol. The quantitative estimate of drug-likeness (QED) is 0.523. The predicted octanol–water partition coefficient (Wildman–Crippen LogP) is 5.16. The van der Waals surface area contributed by atoms with E-state index < -0.39 is 5.97 Å². The largest absolute Gasteiger partial charge is 0.497 e. The maximum atomic E-state index is 13.1. The van der Waals surface area contributed by atoms with Crippen molar-refractivity contribution in [3.63, 3.8) is 0 Å². The molecule has 0 radical (unpaired) electrons. The number of carbonyl (C=O) groups is 2. The molecule has 0 aromatic heterocycles. The molecule has 3 aromatic carbocycles. The van der Waals surface area contributed by atoms with Crippen molar-refractivity contribution in [1.29, 1.82) is 0 Å². The number of para-hydroxylation sites is 2. The molecule has 0 spiro atoms. The molecule has 0 fully saturated rings. The van der Waals surface area contributed by atoms with Crippen LogP contribution in [0.5, 0.6) is 5.75 Å². The molecule has 0 saturated heterocycles. The Bertz CT molecular complexity index is 1100. The normalized spacial score (nSPS) is 17.3. The third-order valence-corrected chi connectivity index (χ3v) is 5.70. The highest BCUT2D eigenvalue weighted by Gasteiger charge is 2.37. The van der Waals surface area contributed by atoms with E-state index in [1.807, 2.05) is 61.5 Å². The van der Waals surface area contributed by atoms with Crippen LogP contribution in [-0.2, 0) is 9.63 Å². The van der Waals surface area contributed by atoms with Gasteiger partial charge in [0.25, 0.3) is 0 Å². The zero-order valence-corrected chi connectivity index (χ0v) is 18.4. The van der Waals surface area contributed by atoms with Crippen LogP contribution in [0.1, 0.15) is 42.2 Å². The van der Waals surface area contributed by atoms with E-state index in [2.05, 4.69) is 0 Å². The minimum absolute atomic E-state index is 0.00936. The first kappa shape index (κ1) is 21.4. The average molecular weight is 431 g/mol. The Hall–Kier alpha value is -3.80. The molecule has 0 aliphatic carbocycles. The van der Waals surface area contributed by atoms with Gasteiger partial charge in [-0.15, -0.1) is 0 Å². The lowest BCUT2D eigenvalue weighted by molar-refractivity contribution is -0.117. The van der Waals surface area contributed by atoms with Gasteiger partial charge in [-0.2, -0.15) is 5.06 Å². The summed E-state index contributed by atoms with van der Waals surface area (Å²) in [6.07, 6.45) is 0.612. The number of hydrogen-bond donors (Lipinski definition) is 0. The first-order chi connectivity index (χ1) is 15.5. The number of nitrogens with zero attached hydrogens (tertiary/aromatic N) is 2. The molecule has 1 amide bonds. The maximum Gasteiger partial charge on any atom is 0.363 e. The summed E-state index contributed by atoms with van der Waals surface area (Å²) in [6, 6.07) is 23.8. The smallest absolute Gasteiger partial charge is 0.363 e. The number of fused-ring (bicyclic) bond motifs is 1. The van der Waals surface area contributed by atoms with Crippen molar-refractivity contribution in [1.82, 2.24) is 0 Å². The van der Waals surface area contributed by atoms with Gasteiger partial charge in [0.1, 0.15) is 5.75 Å². The topological polar surface area (TPSA) is 59.1 Å². The summed E-state index contributed by atoms with van der Waals surface area (Å²) in [7, 11) is 1.58. The molecule has 0 saturated carbocycles. The number of anilines is 2. The number of ether oxygens (including phenoxy) is 1. The second-order valence-electron chi connectivity index (χ2n) is 7.82. The van der Waals surface area contributed by atoms with Crippen LogP contribution in [0.3, 0.4) is 0 Å². The molecule has 2 unspecified atom stereocenters. The lowest BCUT2D eigenvalue weighted by Gasteiger charge is -2.42. The highest BCUT2D eigenvalue weighted by atomic mass is 16.7. The molecule has 0 N–H and O–H groups in total. The van der Waals surface area contributed by atoms with Gasteiger partial charge in [-0.1, -0.05) is 36.4 Å². The van der Waals surface area contributed by atoms with Crippen LogP contribution in [0.25, 0.3) is 0 Å². The van der Waals surface area contributed by atoms with Gasteiger partial charge in [0, 0.05) is 24.2 Å². The van der Waals surface area contributed by atoms with Crippen molar-refractivity contribution >= 4 is 23.3 Å². The van der Waals surface area contributed by atoms with Crippen molar-refractivity contribution in [2.24, 2.45) is 0 Å². The van der Waals surface area contributed by atoms with Crippen molar-refractivity contribution in [2.75, 3.05) is 17.1 Å². The summed E-state index contributed by atoms with van der Waals surface area (Å²) in [5.41, 5.74) is 2.96. The van der Waals surface area contributed by atoms with Gasteiger partial charge in [0.05, 0.1) is 24.4 Å². The van der Waals surface area contributed by atoms with Crippen molar-refractivity contribution in [2.45, 2.75) is 32.4 Å². The molecule has 6 heteroatoms. The fourth-order valence-electron chi connectivity index (χ4n) is 4.22. The van der Waals surface area contributed by atoms with Crippen LogP contribution in [0, 0.1) is 0 Å². The molecule has 0 bridgehead atoms. The minimum atomic E-state index is -0.462. The summed E-state index contributed by atoms with van der Waals surface area (Å²) < 4.78 is 5.18. The molecule has 1 heterocycles. The highest BCUT2D eigenvalue weighted by Crippen LogP contribution is 2.42. The molecule has 1 aliphatic heterocycles. The minimum Gasteiger partial charge on any atom is -0.497 e. The fourth-order valence-corrected chi connectivity index (χ4v) is 4.22. The Morgan fingerprint density at radius 1 is 0.938 bits per heavy atom. The van der Waals surface area contributed by atoms with Crippen LogP contribution in [-0.4, -0.2) is 25.0 Å². The van der Waals surface area contributed by atoms with Crippen molar-refractivity contribution in [3.8, 4) is 5.75 Å². The van der Waals surface area contributed by atoms with Crippen LogP contribution < -0.4 is 14.7 Å². The van der Waals surface area contributed by atoms with Gasteiger partial charge < -0.3 is 14.5 Å². The van der Waals surface area contributed by atoms with E-state index in [-0.39, 0.29) is 18.0 Å². The third-order valence-electron chi connectivity index (χ3n) is 5.70. The summed E-state index contributed by atoms with van der Waals surface area (Å²) >= 11 is 0. The first-order valence-electron chi connectivity index (χ1n) is 10.6. The Balaban J connectivity index is 1.73. The molecule has 4 rings (SSSR count). The lowest BCUT2D eigenvalue weighted by atomic mass is 9.91. The molecule has 1 aliphatic rings. The number of hydrogen-bond acceptors (Lipinski definition) is 5. The van der Waals surface area contributed by atoms with Crippen LogP contribution in [0.15, 0.2) is 78.9 Å². The molecular formula is C26H26N2O4. The number of carbonyl (C=O) groups excluding carboxylic acids is 2. The van der Waals surface area contributed by atoms with Crippen LogP contribution in [0.2, 0.25) is 0 Å². The Morgan fingerprint density at radius 3 is 2.25 bits per heavy atom. The number of methoxy groups -OCH3 is 1. The Morgan fingerprint density at radius 2 is 1.59 bits per heavy atom. The van der Waals surface area contributed by atoms with Crippen molar-refractivity contribution < 1.29 is 19.2 Å². The first-order valence-corrected chi connectivity index (χ1v) is 10.6. The number of amides is 1. The second-order valence-corrected chi connectivity index (χ2v) is 7.82. The molecular weight excluding hydrogens is 404 g/mol. The average Bonchev–Trinajstić information content (AvgIpc) is 2.82. The van der Waals surface area contributed by atoms with E-state index in [1.165, 1.54) is 0 Å². The molecule has 164 valence electrons. The Kier molecular flexibility index (Phi) is 6.12. The number of benzene rings is 3. The van der Waals surface area contributed by atoms with Gasteiger partial charge >= 0.3 is 5.97 Å². The van der Waals surface area contributed by atoms with Crippen molar-refractivity contribution in [3.05, 3.63) is 90.0 Å². The molecule has 6 nitrogen and oxygen atoms in total. The zero-order valence-electron chi connectivity index (χ0n) is 18.4. The standard InChI is InChI=1S/C26H26N2O4/c1-18-17-25(23-11-7-8-12-24(23)27(18)19(2)29)28(21-9-5-4-6-10-21)32-26(30)20-13-15-22(31-3)16-14-20/h4-16,18,25H,17H2,1-3H3. The zero-order chi connectivity index (χ0) is 22.7.